The fourth-order valence-corrected chi connectivity index (χ4v) is 4.18. The van der Waals surface area contributed by atoms with Gasteiger partial charge in [0.2, 0.25) is 0 Å². The average molecular weight is 321 g/mol. The SMILES string of the molecule is CCCCS(=O)(CCCC)=NCC(CCC(=O)O)C(=O)O. The number of nitrogens with zero attached hydrogens (tertiary/aromatic N) is 1. The molecule has 0 aliphatic rings. The van der Waals surface area contributed by atoms with E-state index in [1.807, 2.05) is 13.8 Å². The minimum atomic E-state index is -2.37. The largest absolute Gasteiger partial charge is 0.481 e. The lowest BCUT2D eigenvalue weighted by Gasteiger charge is -2.12. The van der Waals surface area contributed by atoms with Crippen molar-refractivity contribution in [2.45, 2.75) is 52.4 Å². The zero-order valence-corrected chi connectivity index (χ0v) is 13.7. The molecule has 0 aliphatic carbocycles. The van der Waals surface area contributed by atoms with Crippen molar-refractivity contribution in [1.29, 1.82) is 0 Å². The molecule has 0 saturated carbocycles. The predicted octanol–water partition coefficient (Wildman–Crippen LogP) is 2.62. The number of unbranched alkanes of at least 4 members (excludes halogenated alkanes) is 2. The molecule has 0 aromatic rings. The molecule has 0 bridgehead atoms. The normalized spacial score (nSPS) is 12.9. The van der Waals surface area contributed by atoms with Crippen molar-refractivity contribution in [3.63, 3.8) is 0 Å². The highest BCUT2D eigenvalue weighted by molar-refractivity contribution is 7.93. The van der Waals surface area contributed by atoms with E-state index in [0.29, 0.717) is 11.5 Å². The second-order valence-electron chi connectivity index (χ2n) is 5.17. The van der Waals surface area contributed by atoms with Gasteiger partial charge in [0.05, 0.1) is 12.5 Å². The van der Waals surface area contributed by atoms with Crippen LogP contribution in [0.25, 0.3) is 0 Å². The van der Waals surface area contributed by atoms with Crippen LogP contribution >= 0.6 is 0 Å². The Balaban J connectivity index is 4.85. The smallest absolute Gasteiger partial charge is 0.308 e. The van der Waals surface area contributed by atoms with Gasteiger partial charge in [0, 0.05) is 27.7 Å². The van der Waals surface area contributed by atoms with Crippen LogP contribution in [-0.2, 0) is 19.3 Å². The first-order valence-corrected chi connectivity index (χ1v) is 9.32. The second kappa shape index (κ2) is 10.6. The summed E-state index contributed by atoms with van der Waals surface area (Å²) in [5, 5.41) is 17.7. The highest BCUT2D eigenvalue weighted by Crippen LogP contribution is 2.12. The van der Waals surface area contributed by atoms with Gasteiger partial charge in [-0.15, -0.1) is 0 Å². The third kappa shape index (κ3) is 9.44. The molecule has 7 heteroatoms. The van der Waals surface area contributed by atoms with E-state index in [1.54, 1.807) is 0 Å². The standard InChI is InChI=1S/C14H27NO5S/c1-3-5-9-21(20,10-6-4-2)15-11-12(14(18)19)7-8-13(16)17/h12H,3-11H2,1-2H3,(H,16,17)(H,18,19). The van der Waals surface area contributed by atoms with Crippen LogP contribution in [0.2, 0.25) is 0 Å². The minimum Gasteiger partial charge on any atom is -0.481 e. The molecule has 0 fully saturated rings. The third-order valence-electron chi connectivity index (χ3n) is 3.22. The van der Waals surface area contributed by atoms with Crippen LogP contribution in [0.4, 0.5) is 0 Å². The van der Waals surface area contributed by atoms with Gasteiger partial charge in [-0.2, -0.15) is 0 Å². The fraction of sp³-hybridized carbons (Fsp3) is 0.857. The van der Waals surface area contributed by atoms with Gasteiger partial charge >= 0.3 is 11.9 Å². The van der Waals surface area contributed by atoms with Gasteiger partial charge in [0.1, 0.15) is 0 Å². The lowest BCUT2D eigenvalue weighted by Crippen LogP contribution is -2.20. The van der Waals surface area contributed by atoms with Crippen molar-refractivity contribution >= 4 is 21.7 Å². The van der Waals surface area contributed by atoms with Gasteiger partial charge < -0.3 is 10.2 Å². The maximum atomic E-state index is 12.7. The second-order valence-corrected chi connectivity index (χ2v) is 7.79. The van der Waals surface area contributed by atoms with Crippen LogP contribution in [-0.4, -0.2) is 44.4 Å². The van der Waals surface area contributed by atoms with Gasteiger partial charge in [-0.1, -0.05) is 26.7 Å². The molecule has 0 radical (unpaired) electrons. The molecule has 124 valence electrons. The van der Waals surface area contributed by atoms with Crippen molar-refractivity contribution in [2.75, 3.05) is 18.1 Å². The number of carbonyl (C=O) groups is 2. The molecule has 0 aromatic heterocycles. The summed E-state index contributed by atoms with van der Waals surface area (Å²) >= 11 is 0. The van der Waals surface area contributed by atoms with E-state index < -0.39 is 27.6 Å². The van der Waals surface area contributed by atoms with E-state index in [4.69, 9.17) is 10.2 Å². The quantitative estimate of drug-likeness (QED) is 0.575. The Bertz CT molecular complexity index is 427. The van der Waals surface area contributed by atoms with Crippen molar-refractivity contribution in [3.8, 4) is 0 Å². The Morgan fingerprint density at radius 3 is 2.00 bits per heavy atom. The van der Waals surface area contributed by atoms with Crippen LogP contribution < -0.4 is 0 Å². The van der Waals surface area contributed by atoms with E-state index in [2.05, 4.69) is 4.36 Å². The lowest BCUT2D eigenvalue weighted by molar-refractivity contribution is -0.142. The molecule has 0 spiro atoms. The van der Waals surface area contributed by atoms with Crippen molar-refractivity contribution in [2.24, 2.45) is 10.3 Å². The van der Waals surface area contributed by atoms with Gasteiger partial charge in [-0.05, 0) is 19.3 Å². The molecule has 6 nitrogen and oxygen atoms in total. The molecular weight excluding hydrogens is 294 g/mol. The summed E-state index contributed by atoms with van der Waals surface area (Å²) in [5.41, 5.74) is 0. The zero-order chi connectivity index (χ0) is 16.3. The Morgan fingerprint density at radius 2 is 1.62 bits per heavy atom. The molecule has 21 heavy (non-hydrogen) atoms. The van der Waals surface area contributed by atoms with Gasteiger partial charge in [0.15, 0.2) is 0 Å². The number of rotatable bonds is 12. The molecule has 2 N–H and O–H groups in total. The summed E-state index contributed by atoms with van der Waals surface area (Å²) in [6, 6.07) is 0. The average Bonchev–Trinajstić information content (AvgIpc) is 2.42. The summed E-state index contributed by atoms with van der Waals surface area (Å²) in [5.74, 6) is -1.99. The lowest BCUT2D eigenvalue weighted by atomic mass is 10.0. The molecular formula is C14H27NO5S. The fourth-order valence-electron chi connectivity index (χ4n) is 1.79. The summed E-state index contributed by atoms with van der Waals surface area (Å²) in [4.78, 5) is 21.6. The van der Waals surface area contributed by atoms with Crippen LogP contribution in [0, 0.1) is 5.92 Å². The molecule has 0 aliphatic heterocycles. The molecule has 1 atom stereocenters. The van der Waals surface area contributed by atoms with Gasteiger partial charge in [0.25, 0.3) is 0 Å². The summed E-state index contributed by atoms with van der Waals surface area (Å²) < 4.78 is 16.9. The van der Waals surface area contributed by atoms with Crippen LogP contribution in [0.5, 0.6) is 0 Å². The summed E-state index contributed by atoms with van der Waals surface area (Å²) in [7, 11) is -2.37. The molecule has 0 rings (SSSR count). The van der Waals surface area contributed by atoms with Crippen LogP contribution in [0.3, 0.4) is 0 Å². The van der Waals surface area contributed by atoms with E-state index in [0.717, 1.165) is 25.7 Å². The number of carboxylic acids is 2. The van der Waals surface area contributed by atoms with Crippen molar-refractivity contribution < 1.29 is 24.0 Å². The summed E-state index contributed by atoms with van der Waals surface area (Å²) in [6.07, 6.45) is 3.25. The number of aliphatic carboxylic acids is 2. The number of carboxylic acid groups (broad SMARTS) is 2. The first-order valence-electron chi connectivity index (χ1n) is 7.47. The Morgan fingerprint density at radius 1 is 1.10 bits per heavy atom. The first-order chi connectivity index (χ1) is 9.84. The molecule has 0 amide bonds. The third-order valence-corrected chi connectivity index (χ3v) is 5.69. The van der Waals surface area contributed by atoms with Crippen molar-refractivity contribution in [3.05, 3.63) is 0 Å². The first kappa shape index (κ1) is 19.9. The highest BCUT2D eigenvalue weighted by atomic mass is 32.2. The van der Waals surface area contributed by atoms with Gasteiger partial charge in [-0.3, -0.25) is 9.59 Å². The monoisotopic (exact) mass is 321 g/mol. The highest BCUT2D eigenvalue weighted by Gasteiger charge is 2.19. The zero-order valence-electron chi connectivity index (χ0n) is 12.9. The maximum absolute atomic E-state index is 12.7. The van der Waals surface area contributed by atoms with Crippen LogP contribution in [0.1, 0.15) is 52.4 Å². The van der Waals surface area contributed by atoms with E-state index in [1.165, 1.54) is 0 Å². The minimum absolute atomic E-state index is 0.0191. The Kier molecular flexibility index (Phi) is 10.0. The van der Waals surface area contributed by atoms with Gasteiger partial charge in [-0.25, -0.2) is 8.57 Å². The maximum Gasteiger partial charge on any atom is 0.308 e. The molecule has 0 heterocycles. The topological polar surface area (TPSA) is 104 Å². The van der Waals surface area contributed by atoms with Crippen molar-refractivity contribution in [1.82, 2.24) is 0 Å². The Labute approximate surface area is 127 Å². The molecule has 1 unspecified atom stereocenters. The van der Waals surface area contributed by atoms with E-state index in [9.17, 15) is 13.8 Å². The van der Waals surface area contributed by atoms with E-state index in [-0.39, 0.29) is 19.4 Å². The molecule has 0 aromatic carbocycles. The Hall–Kier alpha value is -1.11. The molecule has 0 saturated heterocycles. The number of hydrogen-bond donors (Lipinski definition) is 2. The summed E-state index contributed by atoms with van der Waals surface area (Å²) in [6.45, 7) is 3.95. The van der Waals surface area contributed by atoms with Crippen LogP contribution in [0.15, 0.2) is 4.36 Å². The number of hydrogen-bond acceptors (Lipinski definition) is 4. The predicted molar refractivity (Wildman–Crippen MR) is 83.0 cm³/mol. The van der Waals surface area contributed by atoms with E-state index >= 15 is 0 Å².